The van der Waals surface area contributed by atoms with Crippen molar-refractivity contribution < 1.29 is 4.79 Å². The number of amides is 1. The number of aromatic nitrogens is 3. The molecule has 0 saturated heterocycles. The molecule has 4 heterocycles. The Morgan fingerprint density at radius 1 is 1.12 bits per heavy atom. The lowest BCUT2D eigenvalue weighted by atomic mass is 10.2. The van der Waals surface area contributed by atoms with Crippen molar-refractivity contribution in [2.45, 2.75) is 6.92 Å². The van der Waals surface area contributed by atoms with Crippen molar-refractivity contribution in [3.05, 3.63) is 76.5 Å². The number of fused-ring (bicyclic) bond motifs is 1. The number of carbonyl (C=O) groups excluding carboxylic acids is 1. The van der Waals surface area contributed by atoms with Gasteiger partial charge in [0.15, 0.2) is 5.13 Å². The fourth-order valence-electron chi connectivity index (χ4n) is 3.30. The van der Waals surface area contributed by atoms with Gasteiger partial charge in [-0.2, -0.15) is 0 Å². The molecule has 0 bridgehead atoms. The van der Waals surface area contributed by atoms with Crippen LogP contribution >= 0.6 is 34.3 Å². The number of thiazole rings is 1. The maximum Gasteiger partial charge on any atom is 0.265 e. The molecule has 0 saturated carbocycles. The predicted molar refractivity (Wildman–Crippen MR) is 132 cm³/mol. The van der Waals surface area contributed by atoms with Crippen LogP contribution in [-0.4, -0.2) is 20.3 Å². The van der Waals surface area contributed by atoms with Crippen LogP contribution in [0.3, 0.4) is 0 Å². The van der Waals surface area contributed by atoms with Gasteiger partial charge in [-0.15, -0.1) is 11.3 Å². The van der Waals surface area contributed by atoms with Crippen molar-refractivity contribution in [2.75, 3.05) is 16.4 Å². The Bertz CT molecular complexity index is 1450. The third kappa shape index (κ3) is 3.93. The Morgan fingerprint density at radius 2 is 1.97 bits per heavy atom. The van der Waals surface area contributed by atoms with Gasteiger partial charge in [0.05, 0.1) is 42.5 Å². The second-order valence-electron chi connectivity index (χ2n) is 6.98. The number of hydrogen-bond acceptors (Lipinski definition) is 7. The number of halogens is 1. The molecule has 10 heteroatoms. The number of benzene rings is 1. The molecule has 7 nitrogen and oxygen atoms in total. The lowest BCUT2D eigenvalue weighted by molar-refractivity contribution is 0.103. The van der Waals surface area contributed by atoms with Gasteiger partial charge in [0.1, 0.15) is 5.65 Å². The molecule has 0 spiro atoms. The predicted octanol–water partition coefficient (Wildman–Crippen LogP) is 6.06. The molecular weight excluding hydrogens is 464 g/mol. The summed E-state index contributed by atoms with van der Waals surface area (Å²) in [7, 11) is 0. The zero-order valence-corrected chi connectivity index (χ0v) is 19.2. The van der Waals surface area contributed by atoms with Gasteiger partial charge in [-0.1, -0.05) is 35.1 Å². The summed E-state index contributed by atoms with van der Waals surface area (Å²) in [6, 6.07) is 14.5. The van der Waals surface area contributed by atoms with E-state index in [1.54, 1.807) is 18.2 Å². The van der Waals surface area contributed by atoms with Crippen LogP contribution in [0.2, 0.25) is 5.02 Å². The van der Waals surface area contributed by atoms with Crippen molar-refractivity contribution in [2.24, 2.45) is 0 Å². The van der Waals surface area contributed by atoms with Crippen LogP contribution in [0.1, 0.15) is 15.4 Å². The maximum atomic E-state index is 12.6. The maximum absolute atomic E-state index is 12.6. The number of aryl methyl sites for hydroxylation is 1. The van der Waals surface area contributed by atoms with E-state index in [0.717, 1.165) is 32.0 Å². The van der Waals surface area contributed by atoms with Gasteiger partial charge >= 0.3 is 0 Å². The number of rotatable bonds is 5. The van der Waals surface area contributed by atoms with Crippen LogP contribution in [-0.2, 0) is 0 Å². The zero-order valence-electron chi connectivity index (χ0n) is 16.8. The molecule has 32 heavy (non-hydrogen) atoms. The smallest absolute Gasteiger partial charge is 0.265 e. The fraction of sp³-hybridized carbons (Fsp3) is 0.0455. The van der Waals surface area contributed by atoms with E-state index < -0.39 is 0 Å². The Kier molecular flexibility index (Phi) is 5.30. The number of nitrogens with two attached hydrogens (primary N) is 1. The summed E-state index contributed by atoms with van der Waals surface area (Å²) in [6.07, 6.45) is 3.66. The number of para-hydroxylation sites is 2. The van der Waals surface area contributed by atoms with E-state index in [4.69, 9.17) is 17.3 Å². The van der Waals surface area contributed by atoms with Crippen LogP contribution in [0, 0.1) is 6.92 Å². The number of anilines is 4. The van der Waals surface area contributed by atoms with Crippen molar-refractivity contribution >= 4 is 67.3 Å². The average molecular weight is 481 g/mol. The highest BCUT2D eigenvalue weighted by Crippen LogP contribution is 2.35. The highest BCUT2D eigenvalue weighted by Gasteiger charge is 2.16. The van der Waals surface area contributed by atoms with E-state index in [9.17, 15) is 4.79 Å². The number of nitrogen functional groups attached to an aromatic ring is 1. The molecule has 0 atom stereocenters. The number of pyridine rings is 1. The molecule has 0 aliphatic heterocycles. The van der Waals surface area contributed by atoms with Crippen LogP contribution in [0.5, 0.6) is 0 Å². The number of nitrogens with zero attached hydrogens (tertiary/aromatic N) is 3. The molecule has 4 N–H and O–H groups in total. The van der Waals surface area contributed by atoms with E-state index in [2.05, 4.69) is 20.6 Å². The average Bonchev–Trinajstić information content (AvgIpc) is 3.48. The van der Waals surface area contributed by atoms with Gasteiger partial charge in [0.25, 0.3) is 5.91 Å². The summed E-state index contributed by atoms with van der Waals surface area (Å²) < 4.78 is 1.97. The first-order chi connectivity index (χ1) is 15.5. The van der Waals surface area contributed by atoms with E-state index in [1.165, 1.54) is 22.7 Å². The minimum Gasteiger partial charge on any atom is -0.397 e. The van der Waals surface area contributed by atoms with Crippen LogP contribution in [0.4, 0.5) is 21.5 Å². The topological polar surface area (TPSA) is 97.3 Å². The van der Waals surface area contributed by atoms with Gasteiger partial charge in [0.2, 0.25) is 0 Å². The fourth-order valence-corrected chi connectivity index (χ4v) is 5.25. The molecule has 160 valence electrons. The molecule has 1 aromatic carbocycles. The second-order valence-corrected chi connectivity index (χ2v) is 9.53. The Balaban J connectivity index is 1.34. The molecular formula is C22H17ClN6OS2. The minimum atomic E-state index is -0.209. The summed E-state index contributed by atoms with van der Waals surface area (Å²) in [6.45, 7) is 1.96. The summed E-state index contributed by atoms with van der Waals surface area (Å²) in [5, 5.41) is 8.29. The summed E-state index contributed by atoms with van der Waals surface area (Å²) in [5.74, 6) is -0.209. The molecule has 0 radical (unpaired) electrons. The lowest BCUT2D eigenvalue weighted by Gasteiger charge is -2.06. The van der Waals surface area contributed by atoms with E-state index in [-0.39, 0.29) is 5.91 Å². The number of imidazole rings is 1. The van der Waals surface area contributed by atoms with Gasteiger partial charge in [-0.25, -0.2) is 9.97 Å². The molecule has 0 fully saturated rings. The van der Waals surface area contributed by atoms with E-state index in [0.29, 0.717) is 21.3 Å². The first kappa shape index (κ1) is 20.5. The molecule has 0 aliphatic carbocycles. The number of nitrogens with one attached hydrogen (secondary N) is 2. The monoisotopic (exact) mass is 480 g/mol. The summed E-state index contributed by atoms with van der Waals surface area (Å²) >= 11 is 9.03. The Labute approximate surface area is 196 Å². The molecule has 0 aliphatic rings. The van der Waals surface area contributed by atoms with E-state index in [1.807, 2.05) is 54.0 Å². The van der Waals surface area contributed by atoms with Gasteiger partial charge in [-0.05, 0) is 43.3 Å². The molecule has 0 unspecified atom stereocenters. The normalized spacial score (nSPS) is 11.1. The largest absolute Gasteiger partial charge is 0.397 e. The van der Waals surface area contributed by atoms with Crippen molar-refractivity contribution in [1.29, 1.82) is 0 Å². The summed E-state index contributed by atoms with van der Waals surface area (Å²) in [4.78, 5) is 23.2. The minimum absolute atomic E-state index is 0.209. The standard InChI is InChI=1S/C22H17ClN6OS2/c1-12-20(29-11-13(23)6-8-18(29)26-12)17-10-25-22(32-17)28-19-9-7-16(31-19)21(30)27-15-5-3-2-4-14(15)24/h2-11H,24H2,1H3,(H,25,28)(H,27,30). The van der Waals surface area contributed by atoms with Crippen molar-refractivity contribution in [3.8, 4) is 10.6 Å². The number of hydrogen-bond donors (Lipinski definition) is 3. The van der Waals surface area contributed by atoms with E-state index >= 15 is 0 Å². The van der Waals surface area contributed by atoms with Crippen molar-refractivity contribution in [3.63, 3.8) is 0 Å². The lowest BCUT2D eigenvalue weighted by Crippen LogP contribution is -2.11. The zero-order chi connectivity index (χ0) is 22.2. The Morgan fingerprint density at radius 3 is 2.81 bits per heavy atom. The molecule has 5 aromatic rings. The third-order valence-electron chi connectivity index (χ3n) is 4.76. The molecule has 1 amide bonds. The molecule has 4 aromatic heterocycles. The highest BCUT2D eigenvalue weighted by molar-refractivity contribution is 7.20. The highest BCUT2D eigenvalue weighted by atomic mass is 35.5. The van der Waals surface area contributed by atoms with Gasteiger partial charge < -0.3 is 16.4 Å². The molecule has 5 rings (SSSR count). The SMILES string of the molecule is Cc1nc2ccc(Cl)cn2c1-c1cnc(Nc2ccc(C(=O)Nc3ccccc3N)s2)s1. The third-order valence-corrected chi connectivity index (χ3v) is 6.91. The van der Waals surface area contributed by atoms with Crippen LogP contribution in [0.15, 0.2) is 60.9 Å². The summed E-state index contributed by atoms with van der Waals surface area (Å²) in [5.41, 5.74) is 9.71. The quantitative estimate of drug-likeness (QED) is 0.266. The Hall–Kier alpha value is -3.40. The van der Waals surface area contributed by atoms with Crippen molar-refractivity contribution in [1.82, 2.24) is 14.4 Å². The number of thiophene rings is 1. The number of carbonyl (C=O) groups is 1. The first-order valence-electron chi connectivity index (χ1n) is 9.61. The van der Waals surface area contributed by atoms with Gasteiger partial charge in [0, 0.05) is 12.4 Å². The van der Waals surface area contributed by atoms with Crippen LogP contribution in [0.25, 0.3) is 16.2 Å². The second kappa shape index (κ2) is 8.27. The van der Waals surface area contributed by atoms with Crippen LogP contribution < -0.4 is 16.4 Å². The van der Waals surface area contributed by atoms with Gasteiger partial charge in [-0.3, -0.25) is 9.20 Å². The first-order valence-corrected chi connectivity index (χ1v) is 11.6.